The van der Waals surface area contributed by atoms with Crippen LogP contribution in [0.2, 0.25) is 5.15 Å². The van der Waals surface area contributed by atoms with Crippen LogP contribution in [0.3, 0.4) is 0 Å². The van der Waals surface area contributed by atoms with E-state index < -0.39 is 15.8 Å². The highest BCUT2D eigenvalue weighted by atomic mass is 79.9. The maximum atomic E-state index is 13.1. The molecule has 2 rings (SSSR count). The van der Waals surface area contributed by atoms with Crippen molar-refractivity contribution in [2.75, 3.05) is 4.72 Å². The average Bonchev–Trinajstić information content (AvgIpc) is 2.34. The molecule has 0 radical (unpaired) electrons. The van der Waals surface area contributed by atoms with Crippen molar-refractivity contribution in [3.8, 4) is 0 Å². The van der Waals surface area contributed by atoms with Crippen molar-refractivity contribution >= 4 is 43.2 Å². The highest BCUT2D eigenvalue weighted by Crippen LogP contribution is 2.22. The third-order valence-corrected chi connectivity index (χ3v) is 4.38. The fourth-order valence-corrected chi connectivity index (χ4v) is 2.78. The van der Waals surface area contributed by atoms with Gasteiger partial charge in [-0.2, -0.15) is 0 Å². The van der Waals surface area contributed by atoms with Gasteiger partial charge in [0.25, 0.3) is 10.0 Å². The lowest BCUT2D eigenvalue weighted by atomic mass is 10.3. The molecular weight excluding hydrogens is 359 g/mol. The van der Waals surface area contributed by atoms with Crippen LogP contribution in [0.4, 0.5) is 10.1 Å². The highest BCUT2D eigenvalue weighted by molar-refractivity contribution is 9.10. The van der Waals surface area contributed by atoms with Crippen molar-refractivity contribution in [3.63, 3.8) is 0 Å². The molecule has 19 heavy (non-hydrogen) atoms. The smallest absolute Gasteiger partial charge is 0.263 e. The Hall–Kier alpha value is -1.18. The molecule has 0 saturated heterocycles. The van der Waals surface area contributed by atoms with Crippen LogP contribution in [0, 0.1) is 5.82 Å². The Morgan fingerprint density at radius 2 is 2.00 bits per heavy atom. The van der Waals surface area contributed by atoms with Gasteiger partial charge in [0, 0.05) is 6.20 Å². The van der Waals surface area contributed by atoms with Crippen LogP contribution in [0.5, 0.6) is 0 Å². The van der Waals surface area contributed by atoms with Crippen LogP contribution in [-0.4, -0.2) is 13.4 Å². The summed E-state index contributed by atoms with van der Waals surface area (Å²) in [6.45, 7) is 0. The number of nitrogens with zero attached hydrogens (tertiary/aromatic N) is 1. The molecule has 2 aromatic rings. The van der Waals surface area contributed by atoms with E-state index in [1.807, 2.05) is 0 Å². The predicted molar refractivity (Wildman–Crippen MR) is 74.2 cm³/mol. The average molecular weight is 366 g/mol. The van der Waals surface area contributed by atoms with E-state index in [4.69, 9.17) is 11.6 Å². The third kappa shape index (κ3) is 3.43. The van der Waals surface area contributed by atoms with Crippen molar-refractivity contribution < 1.29 is 12.8 Å². The Bertz CT molecular complexity index is 707. The lowest BCUT2D eigenvalue weighted by Gasteiger charge is -2.08. The van der Waals surface area contributed by atoms with E-state index >= 15 is 0 Å². The quantitative estimate of drug-likeness (QED) is 0.848. The number of anilines is 1. The van der Waals surface area contributed by atoms with Crippen LogP contribution in [0.1, 0.15) is 0 Å². The molecule has 0 aliphatic rings. The molecule has 1 aromatic carbocycles. The number of sulfonamides is 1. The van der Waals surface area contributed by atoms with Crippen LogP contribution in [0.15, 0.2) is 45.9 Å². The van der Waals surface area contributed by atoms with E-state index in [9.17, 15) is 12.8 Å². The van der Waals surface area contributed by atoms with Gasteiger partial charge in [-0.05, 0) is 46.3 Å². The Kier molecular flexibility index (Phi) is 4.07. The van der Waals surface area contributed by atoms with Crippen molar-refractivity contribution in [1.29, 1.82) is 0 Å². The minimum atomic E-state index is -3.77. The lowest BCUT2D eigenvalue weighted by molar-refractivity contribution is 0.600. The highest BCUT2D eigenvalue weighted by Gasteiger charge is 2.15. The molecular formula is C11H7BrClFN2O2S. The second-order valence-corrected chi connectivity index (χ2v) is 6.47. The number of pyridine rings is 1. The summed E-state index contributed by atoms with van der Waals surface area (Å²) in [5.41, 5.74) is 0.239. The topological polar surface area (TPSA) is 59.1 Å². The second-order valence-electron chi connectivity index (χ2n) is 3.55. The predicted octanol–water partition coefficient (Wildman–Crippen LogP) is 3.44. The van der Waals surface area contributed by atoms with Gasteiger partial charge in [0.2, 0.25) is 0 Å². The first-order valence-electron chi connectivity index (χ1n) is 4.98. The number of hydrogen-bond donors (Lipinski definition) is 1. The van der Waals surface area contributed by atoms with Crippen molar-refractivity contribution in [3.05, 3.63) is 52.0 Å². The molecule has 1 N–H and O–H groups in total. The Balaban J connectivity index is 2.30. The van der Waals surface area contributed by atoms with Crippen LogP contribution >= 0.6 is 27.5 Å². The van der Waals surface area contributed by atoms with E-state index in [1.165, 1.54) is 24.3 Å². The molecule has 0 unspecified atom stereocenters. The molecule has 0 saturated carbocycles. The van der Waals surface area contributed by atoms with E-state index in [0.717, 1.165) is 12.3 Å². The van der Waals surface area contributed by atoms with E-state index in [2.05, 4.69) is 25.6 Å². The van der Waals surface area contributed by atoms with Crippen molar-refractivity contribution in [2.24, 2.45) is 0 Å². The molecule has 1 heterocycles. The zero-order valence-electron chi connectivity index (χ0n) is 9.27. The number of nitrogens with one attached hydrogen (secondary N) is 1. The maximum absolute atomic E-state index is 13.1. The van der Waals surface area contributed by atoms with Crippen LogP contribution in [0.25, 0.3) is 0 Å². The molecule has 0 fully saturated rings. The first-order valence-corrected chi connectivity index (χ1v) is 7.63. The molecule has 100 valence electrons. The van der Waals surface area contributed by atoms with Gasteiger partial charge in [0.05, 0.1) is 10.2 Å². The molecule has 4 nitrogen and oxygen atoms in total. The van der Waals surface area contributed by atoms with Gasteiger partial charge < -0.3 is 0 Å². The van der Waals surface area contributed by atoms with Crippen molar-refractivity contribution in [2.45, 2.75) is 4.90 Å². The minimum Gasteiger partial charge on any atom is -0.280 e. The summed E-state index contributed by atoms with van der Waals surface area (Å²) in [6, 6.07) is 6.51. The number of halogens is 3. The molecule has 0 spiro atoms. The summed E-state index contributed by atoms with van der Waals surface area (Å²) < 4.78 is 39.5. The Labute approximate surface area is 122 Å². The van der Waals surface area contributed by atoms with Gasteiger partial charge in [-0.3, -0.25) is 4.72 Å². The summed E-state index contributed by atoms with van der Waals surface area (Å²) in [7, 11) is -3.77. The fraction of sp³-hybridized carbons (Fsp3) is 0. The van der Waals surface area contributed by atoms with Crippen molar-refractivity contribution in [1.82, 2.24) is 4.98 Å². The van der Waals surface area contributed by atoms with Crippen LogP contribution in [-0.2, 0) is 10.0 Å². The SMILES string of the molecule is O=S(=O)(Nc1ccc(F)c(Br)c1)c1ccc(Cl)nc1. The largest absolute Gasteiger partial charge is 0.280 e. The standard InChI is InChI=1S/C11H7BrClFN2O2S/c12-9-5-7(1-3-10(9)14)16-19(17,18)8-2-4-11(13)15-6-8/h1-6,16H. The molecule has 0 atom stereocenters. The Morgan fingerprint density at radius 1 is 1.26 bits per heavy atom. The third-order valence-electron chi connectivity index (χ3n) is 2.18. The Morgan fingerprint density at radius 3 is 2.58 bits per heavy atom. The first kappa shape index (κ1) is 14.2. The number of benzene rings is 1. The van der Waals surface area contributed by atoms with Gasteiger partial charge >= 0.3 is 0 Å². The normalized spacial score (nSPS) is 11.3. The maximum Gasteiger partial charge on any atom is 0.263 e. The van der Waals surface area contributed by atoms with E-state index in [-0.39, 0.29) is 20.2 Å². The summed E-state index contributed by atoms with van der Waals surface area (Å²) in [5, 5.41) is 0.198. The summed E-state index contributed by atoms with van der Waals surface area (Å²) >= 11 is 8.57. The molecule has 8 heteroatoms. The van der Waals surface area contributed by atoms with Gasteiger partial charge in [-0.1, -0.05) is 11.6 Å². The monoisotopic (exact) mass is 364 g/mol. The van der Waals surface area contributed by atoms with Gasteiger partial charge in [0.1, 0.15) is 15.9 Å². The summed E-state index contributed by atoms with van der Waals surface area (Å²) in [6.07, 6.45) is 1.14. The molecule has 0 aliphatic heterocycles. The minimum absolute atomic E-state index is 0.0302. The van der Waals surface area contributed by atoms with Gasteiger partial charge in [-0.15, -0.1) is 0 Å². The fourth-order valence-electron chi connectivity index (χ4n) is 1.29. The zero-order chi connectivity index (χ0) is 14.0. The van der Waals surface area contributed by atoms with E-state index in [0.29, 0.717) is 0 Å². The molecule has 0 bridgehead atoms. The summed E-state index contributed by atoms with van der Waals surface area (Å²) in [5.74, 6) is -0.476. The number of aromatic nitrogens is 1. The second kappa shape index (κ2) is 5.44. The molecule has 0 aliphatic carbocycles. The number of hydrogen-bond acceptors (Lipinski definition) is 3. The summed E-state index contributed by atoms with van der Waals surface area (Å²) in [4.78, 5) is 3.67. The van der Waals surface area contributed by atoms with E-state index in [1.54, 1.807) is 0 Å². The zero-order valence-corrected chi connectivity index (χ0v) is 12.4. The lowest BCUT2D eigenvalue weighted by Crippen LogP contribution is -2.13. The molecule has 0 amide bonds. The van der Waals surface area contributed by atoms with Gasteiger partial charge in [-0.25, -0.2) is 17.8 Å². The van der Waals surface area contributed by atoms with Gasteiger partial charge in [0.15, 0.2) is 0 Å². The molecule has 1 aromatic heterocycles. The first-order chi connectivity index (χ1) is 8.88. The number of rotatable bonds is 3. The van der Waals surface area contributed by atoms with Crippen LogP contribution < -0.4 is 4.72 Å².